The van der Waals surface area contributed by atoms with Gasteiger partial charge < -0.3 is 19.6 Å². The second-order valence-corrected chi connectivity index (χ2v) is 3.06. The minimum Gasteiger partial charge on any atom is -0.478 e. The molecule has 0 fully saturated rings. The van der Waals surface area contributed by atoms with E-state index in [1.54, 1.807) is 0 Å². The van der Waals surface area contributed by atoms with Gasteiger partial charge in [-0.05, 0) is 11.0 Å². The van der Waals surface area contributed by atoms with Crippen molar-refractivity contribution in [3.63, 3.8) is 0 Å². The summed E-state index contributed by atoms with van der Waals surface area (Å²) in [6.45, 7) is -0.0323. The molecule has 0 saturated carbocycles. The van der Waals surface area contributed by atoms with Gasteiger partial charge in [-0.25, -0.2) is 4.79 Å². The lowest BCUT2D eigenvalue weighted by atomic mass is 10.2. The van der Waals surface area contributed by atoms with Crippen LogP contribution in [-0.2, 0) is 6.54 Å². The number of carbonyl (C=O) groups is 1. The monoisotopic (exact) mass is 238 g/mol. The number of carboxylic acid groups (broad SMARTS) is 1. The first-order valence-corrected chi connectivity index (χ1v) is 4.41. The second-order valence-electron chi connectivity index (χ2n) is 3.06. The van der Waals surface area contributed by atoms with E-state index in [0.717, 1.165) is 11.0 Å². The van der Waals surface area contributed by atoms with Crippen molar-refractivity contribution >= 4 is 11.9 Å². The fraction of sp³-hybridized carbons (Fsp3) is 0.125. The van der Waals surface area contributed by atoms with E-state index in [-0.39, 0.29) is 17.9 Å². The Balaban J connectivity index is 2.22. The number of nitro groups is 1. The molecule has 9 nitrogen and oxygen atoms in total. The second kappa shape index (κ2) is 4.04. The van der Waals surface area contributed by atoms with Gasteiger partial charge in [0.15, 0.2) is 0 Å². The number of nitrogens with zero attached hydrogens (tertiary/aromatic N) is 4. The lowest BCUT2D eigenvalue weighted by molar-refractivity contribution is -0.394. The molecule has 0 radical (unpaired) electrons. The van der Waals surface area contributed by atoms with Crippen LogP contribution in [0.15, 0.2) is 23.1 Å². The highest BCUT2D eigenvalue weighted by atomic mass is 16.6. The van der Waals surface area contributed by atoms with Gasteiger partial charge in [0.1, 0.15) is 17.9 Å². The van der Waals surface area contributed by atoms with Crippen molar-refractivity contribution in [3.8, 4) is 0 Å². The van der Waals surface area contributed by atoms with Gasteiger partial charge >= 0.3 is 11.9 Å². The lowest BCUT2D eigenvalue weighted by Crippen LogP contribution is -2.05. The largest absolute Gasteiger partial charge is 0.490 e. The molecule has 0 unspecified atom stereocenters. The van der Waals surface area contributed by atoms with Gasteiger partial charge in [-0.2, -0.15) is 4.68 Å². The molecule has 0 aliphatic heterocycles. The van der Waals surface area contributed by atoms with Crippen LogP contribution in [0.2, 0.25) is 0 Å². The zero-order chi connectivity index (χ0) is 12.4. The average molecular weight is 238 g/mol. The van der Waals surface area contributed by atoms with Crippen molar-refractivity contribution in [2.75, 3.05) is 0 Å². The summed E-state index contributed by atoms with van der Waals surface area (Å²) in [5.74, 6) is -1.53. The molecule has 0 bridgehead atoms. The number of aromatic carboxylic acids is 1. The first kappa shape index (κ1) is 10.8. The number of hydrogen-bond acceptors (Lipinski definition) is 6. The van der Waals surface area contributed by atoms with Crippen molar-refractivity contribution in [2.45, 2.75) is 6.54 Å². The van der Waals surface area contributed by atoms with E-state index in [9.17, 15) is 14.9 Å². The summed E-state index contributed by atoms with van der Waals surface area (Å²) in [5.41, 5.74) is -0.0110. The molecule has 9 heteroatoms. The minimum atomic E-state index is -1.14. The van der Waals surface area contributed by atoms with Crippen LogP contribution in [-0.4, -0.2) is 30.8 Å². The molecule has 2 aromatic heterocycles. The van der Waals surface area contributed by atoms with Crippen molar-refractivity contribution in [1.29, 1.82) is 0 Å². The van der Waals surface area contributed by atoms with Crippen molar-refractivity contribution in [1.82, 2.24) is 14.8 Å². The van der Waals surface area contributed by atoms with E-state index in [1.807, 2.05) is 0 Å². The van der Waals surface area contributed by atoms with Crippen molar-refractivity contribution in [2.24, 2.45) is 0 Å². The molecule has 0 spiro atoms. The number of rotatable bonds is 4. The van der Waals surface area contributed by atoms with Crippen LogP contribution < -0.4 is 0 Å². The molecule has 2 heterocycles. The van der Waals surface area contributed by atoms with E-state index in [0.29, 0.717) is 0 Å². The van der Waals surface area contributed by atoms with Gasteiger partial charge in [0, 0.05) is 5.10 Å². The van der Waals surface area contributed by atoms with E-state index in [1.165, 1.54) is 12.3 Å². The summed E-state index contributed by atoms with van der Waals surface area (Å²) in [5, 5.41) is 22.7. The molecular formula is C8H6N4O5. The van der Waals surface area contributed by atoms with Gasteiger partial charge in [0.2, 0.25) is 6.33 Å². The Kier molecular flexibility index (Phi) is 2.57. The molecule has 0 aromatic carbocycles. The van der Waals surface area contributed by atoms with Gasteiger partial charge in [-0.1, -0.05) is 4.98 Å². The van der Waals surface area contributed by atoms with Crippen LogP contribution >= 0.6 is 0 Å². The molecule has 0 aliphatic carbocycles. The van der Waals surface area contributed by atoms with Gasteiger partial charge in [-0.15, -0.1) is 0 Å². The molecule has 88 valence electrons. The SMILES string of the molecule is O=C(O)c1ccoc1Cn1cnc([N+](=O)[O-])n1. The zero-order valence-electron chi connectivity index (χ0n) is 8.31. The quantitative estimate of drug-likeness (QED) is 0.608. The molecule has 0 saturated heterocycles. The maximum absolute atomic E-state index is 10.8. The lowest BCUT2D eigenvalue weighted by Gasteiger charge is -1.95. The minimum absolute atomic E-state index is 0.0110. The van der Waals surface area contributed by atoms with Gasteiger partial charge in [0.05, 0.1) is 6.26 Å². The number of aromatic nitrogens is 3. The van der Waals surface area contributed by atoms with Crippen molar-refractivity contribution < 1.29 is 19.2 Å². The van der Waals surface area contributed by atoms with Crippen LogP contribution in [0, 0.1) is 10.1 Å². The number of carboxylic acids is 1. The highest BCUT2D eigenvalue weighted by Crippen LogP contribution is 2.12. The van der Waals surface area contributed by atoms with E-state index < -0.39 is 16.8 Å². The fourth-order valence-corrected chi connectivity index (χ4v) is 1.25. The van der Waals surface area contributed by atoms with Crippen LogP contribution in [0.1, 0.15) is 16.1 Å². The van der Waals surface area contributed by atoms with Crippen LogP contribution in [0.3, 0.4) is 0 Å². The molecule has 0 atom stereocenters. The Hall–Kier alpha value is -2.71. The highest BCUT2D eigenvalue weighted by molar-refractivity contribution is 5.88. The van der Waals surface area contributed by atoms with Gasteiger partial charge in [0.25, 0.3) is 0 Å². The summed E-state index contributed by atoms with van der Waals surface area (Å²) in [4.78, 5) is 23.8. The maximum Gasteiger partial charge on any atom is 0.490 e. The smallest absolute Gasteiger partial charge is 0.478 e. The van der Waals surface area contributed by atoms with E-state index in [4.69, 9.17) is 9.52 Å². The molecule has 0 amide bonds. The predicted molar refractivity (Wildman–Crippen MR) is 51.4 cm³/mol. The predicted octanol–water partition coefficient (Wildman–Crippen LogP) is 0.526. The van der Waals surface area contributed by atoms with Gasteiger partial charge in [-0.3, -0.25) is 0 Å². The van der Waals surface area contributed by atoms with Crippen LogP contribution in [0.4, 0.5) is 5.95 Å². The van der Waals surface area contributed by atoms with Crippen LogP contribution in [0.25, 0.3) is 0 Å². The average Bonchev–Trinajstić information content (AvgIpc) is 2.86. The Morgan fingerprint density at radius 1 is 1.65 bits per heavy atom. The summed E-state index contributed by atoms with van der Waals surface area (Å²) < 4.78 is 6.09. The topological polar surface area (TPSA) is 124 Å². The summed E-state index contributed by atoms with van der Waals surface area (Å²) in [7, 11) is 0. The third-order valence-electron chi connectivity index (χ3n) is 1.97. The molecule has 2 aromatic rings. The Morgan fingerprint density at radius 3 is 3.00 bits per heavy atom. The third kappa shape index (κ3) is 2.12. The maximum atomic E-state index is 10.8. The van der Waals surface area contributed by atoms with Crippen molar-refractivity contribution in [3.05, 3.63) is 40.1 Å². The zero-order valence-corrected chi connectivity index (χ0v) is 8.31. The van der Waals surface area contributed by atoms with E-state index in [2.05, 4.69) is 10.1 Å². The van der Waals surface area contributed by atoms with E-state index >= 15 is 0 Å². The molecule has 17 heavy (non-hydrogen) atoms. The highest BCUT2D eigenvalue weighted by Gasteiger charge is 2.18. The summed E-state index contributed by atoms with van der Waals surface area (Å²) in [6.07, 6.45) is 2.36. The number of furan rings is 1. The Morgan fingerprint density at radius 2 is 2.41 bits per heavy atom. The first-order chi connectivity index (χ1) is 8.08. The summed E-state index contributed by atoms with van der Waals surface area (Å²) in [6, 6.07) is 1.29. The molecular weight excluding hydrogens is 232 g/mol. The first-order valence-electron chi connectivity index (χ1n) is 4.41. The standard InChI is InChI=1S/C8H6N4O5/c13-7(14)5-1-2-17-6(5)3-11-4-9-8(10-11)12(15)16/h1-2,4H,3H2,(H,13,14). The Bertz CT molecular complexity index is 572. The number of hydrogen-bond donors (Lipinski definition) is 1. The normalized spacial score (nSPS) is 10.4. The molecule has 1 N–H and O–H groups in total. The van der Waals surface area contributed by atoms with Crippen LogP contribution in [0.5, 0.6) is 0 Å². The fourth-order valence-electron chi connectivity index (χ4n) is 1.25. The molecule has 2 rings (SSSR count). The Labute approximate surface area is 93.4 Å². The molecule has 0 aliphatic rings. The summed E-state index contributed by atoms with van der Waals surface area (Å²) >= 11 is 0. The third-order valence-corrected chi connectivity index (χ3v) is 1.97.